The van der Waals surface area contributed by atoms with E-state index >= 15 is 0 Å². The Labute approximate surface area is 128 Å². The summed E-state index contributed by atoms with van der Waals surface area (Å²) >= 11 is 0. The number of hydrogen-bond donors (Lipinski definition) is 1. The zero-order valence-electron chi connectivity index (χ0n) is 13.3. The van der Waals surface area contributed by atoms with E-state index in [9.17, 15) is 0 Å². The van der Waals surface area contributed by atoms with Crippen LogP contribution in [0.25, 0.3) is 0 Å². The third-order valence-corrected chi connectivity index (χ3v) is 4.74. The average molecular weight is 279 g/mol. The molecule has 0 aromatic heterocycles. The minimum atomic E-state index is 0.285. The van der Waals surface area contributed by atoms with Crippen LogP contribution in [0.4, 0.5) is 0 Å². The Bertz CT molecular complexity index is 610. The third kappa shape index (κ3) is 2.89. The van der Waals surface area contributed by atoms with E-state index in [1.54, 1.807) is 0 Å². The van der Waals surface area contributed by atoms with Gasteiger partial charge in [0.2, 0.25) is 0 Å². The molecular weight excluding hydrogens is 254 g/mol. The van der Waals surface area contributed by atoms with Gasteiger partial charge in [0.05, 0.1) is 0 Å². The van der Waals surface area contributed by atoms with E-state index in [4.69, 9.17) is 0 Å². The van der Waals surface area contributed by atoms with Crippen molar-refractivity contribution in [1.29, 1.82) is 0 Å². The van der Waals surface area contributed by atoms with Gasteiger partial charge < -0.3 is 5.32 Å². The molecule has 0 fully saturated rings. The molecule has 1 heteroatoms. The molecule has 0 bridgehead atoms. The molecule has 1 N–H and O–H groups in total. The molecule has 0 amide bonds. The van der Waals surface area contributed by atoms with Gasteiger partial charge in [0.15, 0.2) is 0 Å². The van der Waals surface area contributed by atoms with Crippen LogP contribution in [0.3, 0.4) is 0 Å². The quantitative estimate of drug-likeness (QED) is 0.858. The van der Waals surface area contributed by atoms with Crippen LogP contribution in [-0.4, -0.2) is 0 Å². The summed E-state index contributed by atoms with van der Waals surface area (Å²) in [6.45, 7) is 7.87. The molecule has 0 radical (unpaired) electrons. The molecule has 1 aliphatic rings. The van der Waals surface area contributed by atoms with Gasteiger partial charge in [-0.15, -0.1) is 0 Å². The maximum Gasteiger partial charge on any atom is 0.0380 e. The normalized spacial score (nSPS) is 19.5. The minimum absolute atomic E-state index is 0.285. The number of fused-ring (bicyclic) bond motifs is 1. The van der Waals surface area contributed by atoms with Crippen molar-refractivity contribution in [2.45, 2.75) is 46.2 Å². The number of benzene rings is 2. The van der Waals surface area contributed by atoms with Crippen molar-refractivity contribution in [3.05, 3.63) is 70.8 Å². The lowest BCUT2D eigenvalue weighted by Crippen LogP contribution is -2.30. The first-order valence-corrected chi connectivity index (χ1v) is 7.99. The summed E-state index contributed by atoms with van der Waals surface area (Å²) in [5, 5.41) is 3.78. The summed E-state index contributed by atoms with van der Waals surface area (Å²) < 4.78 is 0. The lowest BCUT2D eigenvalue weighted by molar-refractivity contribution is 0.268. The second kappa shape index (κ2) is 5.65. The molecule has 0 heterocycles. The number of aryl methyl sites for hydroxylation is 1. The number of nitrogens with one attached hydrogen (secondary N) is 1. The zero-order valence-corrected chi connectivity index (χ0v) is 13.3. The third-order valence-electron chi connectivity index (χ3n) is 4.74. The Morgan fingerprint density at radius 3 is 2.38 bits per heavy atom. The van der Waals surface area contributed by atoms with Crippen molar-refractivity contribution in [1.82, 2.24) is 5.32 Å². The van der Waals surface area contributed by atoms with Crippen molar-refractivity contribution in [2.75, 3.05) is 0 Å². The molecular formula is C20H25N. The van der Waals surface area contributed by atoms with Gasteiger partial charge in [-0.2, -0.15) is 0 Å². The fraction of sp³-hybridized carbons (Fsp3) is 0.400. The Kier molecular flexibility index (Phi) is 3.86. The van der Waals surface area contributed by atoms with Gasteiger partial charge in [-0.25, -0.2) is 0 Å². The molecule has 1 nitrogen and oxygen atoms in total. The van der Waals surface area contributed by atoms with Crippen molar-refractivity contribution in [2.24, 2.45) is 5.41 Å². The number of rotatable bonds is 4. The molecule has 1 unspecified atom stereocenters. The van der Waals surface area contributed by atoms with Crippen LogP contribution < -0.4 is 5.32 Å². The van der Waals surface area contributed by atoms with E-state index in [0.717, 1.165) is 19.4 Å². The van der Waals surface area contributed by atoms with E-state index in [1.807, 2.05) is 0 Å². The van der Waals surface area contributed by atoms with Gasteiger partial charge in [0.1, 0.15) is 0 Å². The molecule has 0 spiro atoms. The summed E-state index contributed by atoms with van der Waals surface area (Å²) in [6, 6.07) is 18.3. The van der Waals surface area contributed by atoms with Crippen LogP contribution in [0.15, 0.2) is 48.5 Å². The highest BCUT2D eigenvalue weighted by Gasteiger charge is 2.38. The van der Waals surface area contributed by atoms with Crippen LogP contribution in [0.5, 0.6) is 0 Å². The molecule has 2 aromatic carbocycles. The first kappa shape index (κ1) is 14.3. The van der Waals surface area contributed by atoms with Crippen LogP contribution in [-0.2, 0) is 19.4 Å². The lowest BCUT2D eigenvalue weighted by Gasteiger charge is -2.29. The molecule has 0 saturated heterocycles. The molecule has 0 aliphatic heterocycles. The van der Waals surface area contributed by atoms with Gasteiger partial charge >= 0.3 is 0 Å². The van der Waals surface area contributed by atoms with Crippen LogP contribution in [0, 0.1) is 5.41 Å². The molecule has 3 rings (SSSR count). The maximum absolute atomic E-state index is 3.78. The van der Waals surface area contributed by atoms with Gasteiger partial charge in [-0.1, -0.05) is 69.3 Å². The summed E-state index contributed by atoms with van der Waals surface area (Å²) in [6.07, 6.45) is 2.27. The van der Waals surface area contributed by atoms with Crippen molar-refractivity contribution in [3.8, 4) is 0 Å². The first-order chi connectivity index (χ1) is 10.1. The maximum atomic E-state index is 3.78. The lowest BCUT2D eigenvalue weighted by atomic mass is 9.85. The highest BCUT2D eigenvalue weighted by Crippen LogP contribution is 2.45. The molecule has 1 aliphatic carbocycles. The van der Waals surface area contributed by atoms with Gasteiger partial charge in [0, 0.05) is 12.6 Å². The highest BCUT2D eigenvalue weighted by atomic mass is 14.9. The van der Waals surface area contributed by atoms with Crippen LogP contribution >= 0.6 is 0 Å². The van der Waals surface area contributed by atoms with Crippen LogP contribution in [0.2, 0.25) is 0 Å². The van der Waals surface area contributed by atoms with Crippen molar-refractivity contribution < 1.29 is 0 Å². The second-order valence-corrected chi connectivity index (χ2v) is 6.85. The Morgan fingerprint density at radius 1 is 1.00 bits per heavy atom. The van der Waals surface area contributed by atoms with Crippen molar-refractivity contribution >= 4 is 0 Å². The molecule has 110 valence electrons. The van der Waals surface area contributed by atoms with Crippen LogP contribution in [0.1, 0.15) is 49.1 Å². The molecule has 2 aromatic rings. The fourth-order valence-electron chi connectivity index (χ4n) is 3.49. The van der Waals surface area contributed by atoms with E-state index in [0.29, 0.717) is 6.04 Å². The summed E-state index contributed by atoms with van der Waals surface area (Å²) in [4.78, 5) is 0. The van der Waals surface area contributed by atoms with Gasteiger partial charge in [-0.3, -0.25) is 0 Å². The topological polar surface area (TPSA) is 12.0 Å². The monoisotopic (exact) mass is 279 g/mol. The van der Waals surface area contributed by atoms with E-state index in [-0.39, 0.29) is 5.41 Å². The second-order valence-electron chi connectivity index (χ2n) is 6.85. The molecule has 1 atom stereocenters. The van der Waals surface area contributed by atoms with E-state index in [1.165, 1.54) is 22.3 Å². The Balaban J connectivity index is 1.74. The largest absolute Gasteiger partial charge is 0.305 e. The first-order valence-electron chi connectivity index (χ1n) is 7.99. The predicted molar refractivity (Wildman–Crippen MR) is 89.3 cm³/mol. The van der Waals surface area contributed by atoms with Gasteiger partial charge in [0.25, 0.3) is 0 Å². The summed E-state index contributed by atoms with van der Waals surface area (Å²) in [5.41, 5.74) is 6.04. The Hall–Kier alpha value is -1.60. The molecule has 0 saturated carbocycles. The minimum Gasteiger partial charge on any atom is -0.305 e. The highest BCUT2D eigenvalue weighted by molar-refractivity contribution is 5.37. The predicted octanol–water partition coefficient (Wildman–Crippen LogP) is 4.66. The molecule has 21 heavy (non-hydrogen) atoms. The van der Waals surface area contributed by atoms with Crippen molar-refractivity contribution in [3.63, 3.8) is 0 Å². The smallest absolute Gasteiger partial charge is 0.0380 e. The zero-order chi connectivity index (χ0) is 14.9. The fourth-order valence-corrected chi connectivity index (χ4v) is 3.49. The summed E-state index contributed by atoms with van der Waals surface area (Å²) in [7, 11) is 0. The van der Waals surface area contributed by atoms with E-state index in [2.05, 4.69) is 74.6 Å². The summed E-state index contributed by atoms with van der Waals surface area (Å²) in [5.74, 6) is 0. The SMILES string of the molecule is CCc1ccc(CNC2c3ccccc3CC2(C)C)cc1. The van der Waals surface area contributed by atoms with E-state index < -0.39 is 0 Å². The number of hydrogen-bond acceptors (Lipinski definition) is 1. The van der Waals surface area contributed by atoms with Gasteiger partial charge in [-0.05, 0) is 40.5 Å². The standard InChI is InChI=1S/C20H25N/c1-4-15-9-11-16(12-10-15)14-21-19-18-8-6-5-7-17(18)13-20(19,2)3/h5-12,19,21H,4,13-14H2,1-3H3. The average Bonchev–Trinajstić information content (AvgIpc) is 2.75. The Morgan fingerprint density at radius 2 is 1.67 bits per heavy atom.